The van der Waals surface area contributed by atoms with Gasteiger partial charge in [-0.05, 0) is 31.6 Å². The summed E-state index contributed by atoms with van der Waals surface area (Å²) in [6.07, 6.45) is 6.63. The Morgan fingerprint density at radius 1 is 1.16 bits per heavy atom. The monoisotopic (exact) mass is 268 g/mol. The van der Waals surface area contributed by atoms with Gasteiger partial charge in [-0.25, -0.2) is 0 Å². The molecule has 1 heterocycles. The molecule has 0 radical (unpaired) electrons. The van der Waals surface area contributed by atoms with Crippen LogP contribution in [-0.2, 0) is 9.59 Å². The van der Waals surface area contributed by atoms with Crippen LogP contribution < -0.4 is 5.73 Å². The smallest absolute Gasteiger partial charge is 0.303 e. The number of aliphatic carboxylic acids is 1. The second-order valence-electron chi connectivity index (χ2n) is 6.05. The molecule has 0 atom stereocenters. The minimum absolute atomic E-state index is 0.0842. The number of carbonyl (C=O) groups excluding carboxylic acids is 1. The second-order valence-corrected chi connectivity index (χ2v) is 6.05. The summed E-state index contributed by atoms with van der Waals surface area (Å²) in [4.78, 5) is 25.0. The normalized spacial score (nSPS) is 24.2. The quantitative estimate of drug-likeness (QED) is 0.809. The Balaban J connectivity index is 1.86. The Bertz CT molecular complexity index is 343. The van der Waals surface area contributed by atoms with Gasteiger partial charge >= 0.3 is 5.97 Å². The van der Waals surface area contributed by atoms with Crippen LogP contribution in [0.5, 0.6) is 0 Å². The fourth-order valence-corrected chi connectivity index (χ4v) is 3.30. The number of piperidine rings is 1. The zero-order valence-electron chi connectivity index (χ0n) is 11.4. The van der Waals surface area contributed by atoms with Gasteiger partial charge in [0.2, 0.25) is 5.91 Å². The summed E-state index contributed by atoms with van der Waals surface area (Å²) >= 11 is 0. The maximum absolute atomic E-state index is 12.5. The largest absolute Gasteiger partial charge is 0.481 e. The van der Waals surface area contributed by atoms with Crippen LogP contribution in [0.3, 0.4) is 0 Å². The van der Waals surface area contributed by atoms with E-state index in [-0.39, 0.29) is 18.2 Å². The first kappa shape index (κ1) is 14.3. The highest BCUT2D eigenvalue weighted by Crippen LogP contribution is 2.29. The van der Waals surface area contributed by atoms with Gasteiger partial charge in [0.15, 0.2) is 0 Å². The summed E-state index contributed by atoms with van der Waals surface area (Å²) in [5.41, 5.74) is 5.61. The van der Waals surface area contributed by atoms with Crippen molar-refractivity contribution >= 4 is 11.9 Å². The third-order valence-corrected chi connectivity index (χ3v) is 4.54. The van der Waals surface area contributed by atoms with E-state index in [1.165, 1.54) is 6.42 Å². The van der Waals surface area contributed by atoms with E-state index in [1.54, 1.807) is 0 Å². The van der Waals surface area contributed by atoms with Gasteiger partial charge < -0.3 is 15.7 Å². The number of hydrogen-bond donors (Lipinski definition) is 2. The van der Waals surface area contributed by atoms with Gasteiger partial charge in [-0.1, -0.05) is 19.3 Å². The van der Waals surface area contributed by atoms with E-state index >= 15 is 0 Å². The molecule has 0 bridgehead atoms. The topological polar surface area (TPSA) is 83.6 Å². The zero-order chi connectivity index (χ0) is 13.9. The predicted molar refractivity (Wildman–Crippen MR) is 71.6 cm³/mol. The molecule has 1 amide bonds. The average Bonchev–Trinajstić information content (AvgIpc) is 2.39. The first-order valence-corrected chi connectivity index (χ1v) is 7.31. The predicted octanol–water partition coefficient (Wildman–Crippen LogP) is 1.36. The molecule has 1 aliphatic heterocycles. The second kappa shape index (κ2) is 5.90. The number of nitrogens with two attached hydrogens (primary N) is 1. The van der Waals surface area contributed by atoms with Crippen molar-refractivity contribution in [1.82, 2.24) is 4.90 Å². The molecule has 108 valence electrons. The highest BCUT2D eigenvalue weighted by Gasteiger charge is 2.39. The number of carboxylic acid groups (broad SMARTS) is 1. The van der Waals surface area contributed by atoms with E-state index in [0.29, 0.717) is 13.1 Å². The highest BCUT2D eigenvalue weighted by molar-refractivity contribution is 5.86. The van der Waals surface area contributed by atoms with Gasteiger partial charge in [-0.15, -0.1) is 0 Å². The van der Waals surface area contributed by atoms with Crippen molar-refractivity contribution in [3.8, 4) is 0 Å². The Morgan fingerprint density at radius 2 is 1.74 bits per heavy atom. The van der Waals surface area contributed by atoms with Crippen molar-refractivity contribution in [3.05, 3.63) is 0 Å². The molecule has 0 aromatic rings. The van der Waals surface area contributed by atoms with Crippen LogP contribution in [0.25, 0.3) is 0 Å². The molecule has 5 nitrogen and oxygen atoms in total. The molecule has 0 unspecified atom stereocenters. The minimum atomic E-state index is -0.743. The number of likely N-dealkylation sites (tertiary alicyclic amines) is 1. The minimum Gasteiger partial charge on any atom is -0.481 e. The van der Waals surface area contributed by atoms with Crippen molar-refractivity contribution in [2.75, 3.05) is 13.1 Å². The van der Waals surface area contributed by atoms with Gasteiger partial charge in [0.1, 0.15) is 0 Å². The molecule has 1 saturated carbocycles. The van der Waals surface area contributed by atoms with E-state index in [1.807, 2.05) is 4.90 Å². The fraction of sp³-hybridized carbons (Fsp3) is 0.857. The van der Waals surface area contributed by atoms with E-state index in [2.05, 4.69) is 0 Å². The lowest BCUT2D eigenvalue weighted by Crippen LogP contribution is -2.57. The Hall–Kier alpha value is -1.10. The van der Waals surface area contributed by atoms with Crippen LogP contribution in [0.4, 0.5) is 0 Å². The summed E-state index contributed by atoms with van der Waals surface area (Å²) < 4.78 is 0. The van der Waals surface area contributed by atoms with E-state index < -0.39 is 11.5 Å². The fourth-order valence-electron chi connectivity index (χ4n) is 3.30. The number of amides is 1. The third-order valence-electron chi connectivity index (χ3n) is 4.54. The number of nitrogens with zero attached hydrogens (tertiary/aromatic N) is 1. The van der Waals surface area contributed by atoms with Crippen LogP contribution in [0, 0.1) is 5.92 Å². The van der Waals surface area contributed by atoms with Gasteiger partial charge in [0.25, 0.3) is 0 Å². The Morgan fingerprint density at radius 3 is 2.26 bits per heavy atom. The van der Waals surface area contributed by atoms with Gasteiger partial charge in [0, 0.05) is 19.5 Å². The molecule has 1 aliphatic carbocycles. The SMILES string of the molecule is NC1(C(=O)N2CCC(CC(=O)O)CC2)CCCCC1. The summed E-state index contributed by atoms with van der Waals surface area (Å²) in [7, 11) is 0. The number of carboxylic acids is 1. The number of rotatable bonds is 3. The third kappa shape index (κ3) is 3.47. The van der Waals surface area contributed by atoms with Crippen molar-refractivity contribution in [1.29, 1.82) is 0 Å². The van der Waals surface area contributed by atoms with Gasteiger partial charge in [-0.3, -0.25) is 9.59 Å². The molecule has 19 heavy (non-hydrogen) atoms. The van der Waals surface area contributed by atoms with Crippen molar-refractivity contribution in [3.63, 3.8) is 0 Å². The van der Waals surface area contributed by atoms with Crippen LogP contribution in [0.1, 0.15) is 51.4 Å². The van der Waals surface area contributed by atoms with Crippen LogP contribution >= 0.6 is 0 Å². The average molecular weight is 268 g/mol. The molecule has 0 spiro atoms. The van der Waals surface area contributed by atoms with Gasteiger partial charge in [0.05, 0.1) is 5.54 Å². The summed E-state index contributed by atoms with van der Waals surface area (Å²) in [5.74, 6) is -0.449. The lowest BCUT2D eigenvalue weighted by Gasteiger charge is -2.39. The van der Waals surface area contributed by atoms with E-state index in [0.717, 1.165) is 38.5 Å². The van der Waals surface area contributed by atoms with Crippen LogP contribution in [0.15, 0.2) is 0 Å². The first-order valence-electron chi connectivity index (χ1n) is 7.31. The number of carbonyl (C=O) groups is 2. The molecular formula is C14H24N2O3. The Labute approximate surface area is 114 Å². The summed E-state index contributed by atoms with van der Waals surface area (Å²) in [5, 5.41) is 8.79. The molecule has 5 heteroatoms. The van der Waals surface area contributed by atoms with E-state index in [9.17, 15) is 9.59 Å². The molecule has 2 rings (SSSR count). The van der Waals surface area contributed by atoms with Gasteiger partial charge in [-0.2, -0.15) is 0 Å². The van der Waals surface area contributed by atoms with Crippen molar-refractivity contribution < 1.29 is 14.7 Å². The van der Waals surface area contributed by atoms with Crippen molar-refractivity contribution in [2.24, 2.45) is 11.7 Å². The lowest BCUT2D eigenvalue weighted by atomic mass is 9.81. The molecule has 0 aromatic carbocycles. The molecule has 0 aromatic heterocycles. The lowest BCUT2D eigenvalue weighted by molar-refractivity contribution is -0.140. The molecular weight excluding hydrogens is 244 g/mol. The van der Waals surface area contributed by atoms with Crippen LogP contribution in [0.2, 0.25) is 0 Å². The maximum atomic E-state index is 12.5. The highest BCUT2D eigenvalue weighted by atomic mass is 16.4. The summed E-state index contributed by atoms with van der Waals surface area (Å²) in [6, 6.07) is 0. The zero-order valence-corrected chi connectivity index (χ0v) is 11.4. The van der Waals surface area contributed by atoms with E-state index in [4.69, 9.17) is 10.8 Å². The Kier molecular flexibility index (Phi) is 4.45. The molecule has 1 saturated heterocycles. The molecule has 2 aliphatic rings. The van der Waals surface area contributed by atoms with Crippen LogP contribution in [-0.4, -0.2) is 40.5 Å². The van der Waals surface area contributed by atoms with Crippen molar-refractivity contribution in [2.45, 2.75) is 56.9 Å². The standard InChI is InChI=1S/C14H24N2O3/c15-14(6-2-1-3-7-14)13(19)16-8-4-11(5-9-16)10-12(17)18/h11H,1-10,15H2,(H,17,18). The molecule has 2 fully saturated rings. The molecule has 3 N–H and O–H groups in total. The first-order chi connectivity index (χ1) is 9.01. The number of hydrogen-bond acceptors (Lipinski definition) is 3. The summed E-state index contributed by atoms with van der Waals surface area (Å²) in [6.45, 7) is 1.32. The maximum Gasteiger partial charge on any atom is 0.303 e.